The minimum Gasteiger partial charge on any atom is -0.356 e. The second-order valence-corrected chi connectivity index (χ2v) is 4.57. The fourth-order valence-electron chi connectivity index (χ4n) is 1.27. The van der Waals surface area contributed by atoms with Crippen molar-refractivity contribution in [2.45, 2.75) is 13.3 Å². The van der Waals surface area contributed by atoms with E-state index in [2.05, 4.69) is 20.5 Å². The number of hydrogen-bond donors (Lipinski definition) is 2. The van der Waals surface area contributed by atoms with Gasteiger partial charge in [-0.25, -0.2) is 8.78 Å². The lowest BCUT2D eigenvalue weighted by Gasteiger charge is -1.96. The molecule has 100 valence electrons. The first-order valence-corrected chi connectivity index (χ1v) is 5.91. The van der Waals surface area contributed by atoms with Gasteiger partial charge in [0.25, 0.3) is 12.3 Å². The van der Waals surface area contributed by atoms with E-state index in [0.717, 1.165) is 0 Å². The SMILES string of the molecule is CC(=O)c1c[nH]c(C(=O)Nc2nnc(C(F)F)s2)c1. The van der Waals surface area contributed by atoms with Crippen LogP contribution < -0.4 is 5.32 Å². The van der Waals surface area contributed by atoms with Crippen LogP contribution >= 0.6 is 11.3 Å². The van der Waals surface area contributed by atoms with Gasteiger partial charge in [0.2, 0.25) is 5.13 Å². The lowest BCUT2D eigenvalue weighted by atomic mass is 10.2. The Labute approximate surface area is 109 Å². The molecule has 0 saturated carbocycles. The molecule has 0 aliphatic carbocycles. The van der Waals surface area contributed by atoms with Crippen LogP contribution in [0.1, 0.15) is 39.2 Å². The molecule has 2 N–H and O–H groups in total. The minimum absolute atomic E-state index is 0.0284. The summed E-state index contributed by atoms with van der Waals surface area (Å²) in [4.78, 5) is 25.4. The predicted octanol–water partition coefficient (Wildman–Crippen LogP) is 2.26. The number of nitrogens with zero attached hydrogens (tertiary/aromatic N) is 2. The lowest BCUT2D eigenvalue weighted by Crippen LogP contribution is -2.11. The number of alkyl halides is 2. The molecule has 19 heavy (non-hydrogen) atoms. The number of halogens is 2. The maximum absolute atomic E-state index is 12.3. The fraction of sp³-hybridized carbons (Fsp3) is 0.200. The number of aromatic amines is 1. The number of nitrogens with one attached hydrogen (secondary N) is 2. The monoisotopic (exact) mass is 286 g/mol. The molecule has 0 radical (unpaired) electrons. The van der Waals surface area contributed by atoms with Crippen molar-refractivity contribution >= 4 is 28.2 Å². The topological polar surface area (TPSA) is 87.7 Å². The number of H-pyrrole nitrogens is 1. The van der Waals surface area contributed by atoms with Crippen LogP contribution in [0.25, 0.3) is 0 Å². The Kier molecular flexibility index (Phi) is 3.65. The van der Waals surface area contributed by atoms with Crippen LogP contribution in [-0.4, -0.2) is 26.9 Å². The van der Waals surface area contributed by atoms with E-state index in [-0.39, 0.29) is 16.6 Å². The number of amides is 1. The zero-order valence-electron chi connectivity index (χ0n) is 9.61. The summed E-state index contributed by atoms with van der Waals surface area (Å²) >= 11 is 0.592. The summed E-state index contributed by atoms with van der Waals surface area (Å²) in [5.41, 5.74) is 0.495. The number of Topliss-reactive ketones (excluding diaryl/α,β-unsaturated/α-hetero) is 1. The Morgan fingerprint density at radius 1 is 1.42 bits per heavy atom. The highest BCUT2D eigenvalue weighted by Gasteiger charge is 2.17. The van der Waals surface area contributed by atoms with E-state index in [0.29, 0.717) is 16.9 Å². The summed E-state index contributed by atoms with van der Waals surface area (Å²) in [6.45, 7) is 1.37. The van der Waals surface area contributed by atoms with Gasteiger partial charge in [0.05, 0.1) is 0 Å². The third-order valence-electron chi connectivity index (χ3n) is 2.18. The number of aromatic nitrogens is 3. The molecule has 0 aromatic carbocycles. The smallest absolute Gasteiger partial charge is 0.291 e. The van der Waals surface area contributed by atoms with Crippen molar-refractivity contribution in [2.75, 3.05) is 5.32 Å². The standard InChI is InChI=1S/C10H8F2N4O2S/c1-4(17)5-2-6(13-3-5)8(18)14-10-16-15-9(19-10)7(11)12/h2-3,7,13H,1H3,(H,14,16,18). The van der Waals surface area contributed by atoms with Crippen molar-refractivity contribution in [1.82, 2.24) is 15.2 Å². The first kappa shape index (κ1) is 13.3. The van der Waals surface area contributed by atoms with E-state index in [1.807, 2.05) is 0 Å². The average Bonchev–Trinajstić information content (AvgIpc) is 2.96. The third-order valence-corrected chi connectivity index (χ3v) is 3.03. The molecule has 0 atom stereocenters. The molecular weight excluding hydrogens is 278 g/mol. The van der Waals surface area contributed by atoms with Gasteiger partial charge in [-0.3, -0.25) is 14.9 Å². The van der Waals surface area contributed by atoms with Gasteiger partial charge in [-0.05, 0) is 13.0 Å². The molecule has 2 heterocycles. The Morgan fingerprint density at radius 2 is 2.16 bits per heavy atom. The molecule has 0 unspecified atom stereocenters. The Morgan fingerprint density at radius 3 is 2.68 bits per heavy atom. The number of carbonyl (C=O) groups excluding carboxylic acids is 2. The molecule has 2 aromatic heterocycles. The van der Waals surface area contributed by atoms with Crippen LogP contribution in [0.5, 0.6) is 0 Å². The molecule has 2 rings (SSSR count). The highest BCUT2D eigenvalue weighted by molar-refractivity contribution is 7.15. The summed E-state index contributed by atoms with van der Waals surface area (Å²) in [6, 6.07) is 1.37. The molecule has 0 aliphatic heterocycles. The van der Waals surface area contributed by atoms with Crippen molar-refractivity contribution in [3.63, 3.8) is 0 Å². The maximum Gasteiger partial charge on any atom is 0.291 e. The van der Waals surface area contributed by atoms with Crippen LogP contribution in [0.15, 0.2) is 12.3 Å². The van der Waals surface area contributed by atoms with E-state index in [4.69, 9.17) is 0 Å². The number of carbonyl (C=O) groups is 2. The molecule has 9 heteroatoms. The highest BCUT2D eigenvalue weighted by atomic mass is 32.1. The normalized spacial score (nSPS) is 10.7. The minimum atomic E-state index is -2.72. The number of hydrogen-bond acceptors (Lipinski definition) is 5. The van der Waals surface area contributed by atoms with Crippen molar-refractivity contribution in [3.05, 3.63) is 28.5 Å². The molecule has 0 spiro atoms. The summed E-state index contributed by atoms with van der Waals surface area (Å²) in [6.07, 6.45) is -1.33. The second-order valence-electron chi connectivity index (χ2n) is 3.56. The first-order valence-electron chi connectivity index (χ1n) is 5.09. The van der Waals surface area contributed by atoms with Crippen molar-refractivity contribution in [2.24, 2.45) is 0 Å². The maximum atomic E-state index is 12.3. The predicted molar refractivity (Wildman–Crippen MR) is 63.6 cm³/mol. The van der Waals surface area contributed by atoms with E-state index < -0.39 is 17.3 Å². The van der Waals surface area contributed by atoms with E-state index in [9.17, 15) is 18.4 Å². The van der Waals surface area contributed by atoms with Gasteiger partial charge in [0.15, 0.2) is 10.8 Å². The average molecular weight is 286 g/mol. The number of ketones is 1. The van der Waals surface area contributed by atoms with Crippen LogP contribution in [0.2, 0.25) is 0 Å². The second kappa shape index (κ2) is 5.22. The van der Waals surface area contributed by atoms with Crippen LogP contribution in [0.4, 0.5) is 13.9 Å². The number of anilines is 1. The molecule has 1 amide bonds. The van der Waals surface area contributed by atoms with Gasteiger partial charge in [-0.15, -0.1) is 10.2 Å². The summed E-state index contributed by atoms with van der Waals surface area (Å²) < 4.78 is 24.6. The summed E-state index contributed by atoms with van der Waals surface area (Å²) in [5, 5.41) is 8.48. The zero-order valence-corrected chi connectivity index (χ0v) is 10.4. The molecule has 0 saturated heterocycles. The highest BCUT2D eigenvalue weighted by Crippen LogP contribution is 2.25. The Balaban J connectivity index is 2.09. The largest absolute Gasteiger partial charge is 0.356 e. The Bertz CT molecular complexity index is 623. The van der Waals surface area contributed by atoms with E-state index >= 15 is 0 Å². The molecule has 0 fully saturated rings. The van der Waals surface area contributed by atoms with Gasteiger partial charge >= 0.3 is 0 Å². The van der Waals surface area contributed by atoms with Gasteiger partial charge in [0, 0.05) is 11.8 Å². The molecular formula is C10H8F2N4O2S. The van der Waals surface area contributed by atoms with Crippen LogP contribution in [0.3, 0.4) is 0 Å². The molecule has 0 aliphatic rings. The first-order chi connectivity index (χ1) is 8.97. The lowest BCUT2D eigenvalue weighted by molar-refractivity contribution is 0.101. The van der Waals surface area contributed by atoms with Crippen molar-refractivity contribution in [1.29, 1.82) is 0 Å². The van der Waals surface area contributed by atoms with Gasteiger partial charge in [-0.2, -0.15) is 0 Å². The molecule has 0 bridgehead atoms. The zero-order chi connectivity index (χ0) is 14.0. The number of rotatable bonds is 4. The third kappa shape index (κ3) is 2.99. The van der Waals surface area contributed by atoms with Gasteiger partial charge in [0.1, 0.15) is 5.69 Å². The van der Waals surface area contributed by atoms with E-state index in [1.165, 1.54) is 19.2 Å². The van der Waals surface area contributed by atoms with Crippen LogP contribution in [-0.2, 0) is 0 Å². The molecule has 2 aromatic rings. The Hall–Kier alpha value is -2.16. The molecule has 6 nitrogen and oxygen atoms in total. The van der Waals surface area contributed by atoms with Crippen LogP contribution in [0, 0.1) is 0 Å². The van der Waals surface area contributed by atoms with E-state index in [1.54, 1.807) is 0 Å². The van der Waals surface area contributed by atoms with Gasteiger partial charge < -0.3 is 4.98 Å². The van der Waals surface area contributed by atoms with Crippen molar-refractivity contribution in [3.8, 4) is 0 Å². The van der Waals surface area contributed by atoms with Crippen molar-refractivity contribution < 1.29 is 18.4 Å². The summed E-state index contributed by atoms with van der Waals surface area (Å²) in [5.74, 6) is -0.768. The summed E-state index contributed by atoms with van der Waals surface area (Å²) in [7, 11) is 0. The fourth-order valence-corrected chi connectivity index (χ4v) is 1.86. The van der Waals surface area contributed by atoms with Gasteiger partial charge in [-0.1, -0.05) is 11.3 Å². The quantitative estimate of drug-likeness (QED) is 0.844.